The third-order valence-corrected chi connectivity index (χ3v) is 3.76. The van der Waals surface area contributed by atoms with Crippen LogP contribution in [0.25, 0.3) is 11.0 Å². The van der Waals surface area contributed by atoms with Crippen LogP contribution in [0.3, 0.4) is 0 Å². The Hall–Kier alpha value is -2.86. The fourth-order valence-corrected chi connectivity index (χ4v) is 2.52. The summed E-state index contributed by atoms with van der Waals surface area (Å²) in [5, 5.41) is 2.82. The van der Waals surface area contributed by atoms with Crippen LogP contribution in [0.2, 0.25) is 0 Å². The van der Waals surface area contributed by atoms with Crippen molar-refractivity contribution in [3.05, 3.63) is 65.2 Å². The summed E-state index contributed by atoms with van der Waals surface area (Å²) in [5.41, 5.74) is 6.67. The first kappa shape index (κ1) is 16.0. The summed E-state index contributed by atoms with van der Waals surface area (Å²) in [4.78, 5) is 24.0. The van der Waals surface area contributed by atoms with Crippen LogP contribution in [0, 0.1) is 5.82 Å². The van der Waals surface area contributed by atoms with Gasteiger partial charge in [0.2, 0.25) is 5.76 Å². The van der Waals surface area contributed by atoms with Gasteiger partial charge in [-0.1, -0.05) is 12.1 Å². The minimum Gasteiger partial charge on any atom is -0.449 e. The second-order valence-electron chi connectivity index (χ2n) is 5.10. The zero-order chi connectivity index (χ0) is 17.3. The van der Waals surface area contributed by atoms with E-state index >= 15 is 0 Å². The molecule has 1 heterocycles. The van der Waals surface area contributed by atoms with E-state index in [0.717, 1.165) is 11.6 Å². The summed E-state index contributed by atoms with van der Waals surface area (Å²) in [6.45, 7) is 0. The molecule has 0 fully saturated rings. The molecule has 0 aliphatic heterocycles. The monoisotopic (exact) mass is 346 g/mol. The number of hydrogen-bond acceptors (Lipinski definition) is 3. The third-order valence-electron chi connectivity index (χ3n) is 3.46. The van der Waals surface area contributed by atoms with Crippen molar-refractivity contribution in [1.29, 1.82) is 0 Å². The Morgan fingerprint density at radius 1 is 1.21 bits per heavy atom. The lowest BCUT2D eigenvalue weighted by molar-refractivity contribution is 0.0977. The van der Waals surface area contributed by atoms with Gasteiger partial charge in [0, 0.05) is 16.8 Å². The SMILES string of the molecule is NC(=O)c1oc2ccc(F)cc2c1NC(=O)c1cccc(CCl)c1. The van der Waals surface area contributed by atoms with Crippen LogP contribution < -0.4 is 11.1 Å². The molecule has 0 radical (unpaired) electrons. The first-order valence-corrected chi connectivity index (χ1v) is 7.51. The highest BCUT2D eigenvalue weighted by Crippen LogP contribution is 2.31. The second kappa shape index (κ2) is 6.33. The summed E-state index contributed by atoms with van der Waals surface area (Å²) < 4.78 is 18.8. The molecule has 2 amide bonds. The lowest BCUT2D eigenvalue weighted by Crippen LogP contribution is -2.17. The number of hydrogen-bond donors (Lipinski definition) is 2. The van der Waals surface area contributed by atoms with E-state index in [0.29, 0.717) is 5.56 Å². The standard InChI is InChI=1S/C17H12ClFN2O3/c18-8-9-2-1-3-10(6-9)17(23)21-14-12-7-11(19)4-5-13(12)24-15(14)16(20)22/h1-7H,8H2,(H2,20,22)(H,21,23). The van der Waals surface area contributed by atoms with E-state index in [2.05, 4.69) is 5.32 Å². The van der Waals surface area contributed by atoms with Gasteiger partial charge >= 0.3 is 0 Å². The normalized spacial score (nSPS) is 10.8. The van der Waals surface area contributed by atoms with Crippen molar-refractivity contribution in [1.82, 2.24) is 0 Å². The third kappa shape index (κ3) is 2.96. The van der Waals surface area contributed by atoms with Crippen LogP contribution in [0.4, 0.5) is 10.1 Å². The molecular formula is C17H12ClFN2O3. The zero-order valence-corrected chi connectivity index (χ0v) is 13.1. The molecule has 1 aromatic heterocycles. The molecule has 7 heteroatoms. The summed E-state index contributed by atoms with van der Waals surface area (Å²) in [6, 6.07) is 10.4. The maximum Gasteiger partial charge on any atom is 0.286 e. The first-order valence-electron chi connectivity index (χ1n) is 6.97. The number of anilines is 1. The van der Waals surface area contributed by atoms with Crippen molar-refractivity contribution in [3.8, 4) is 0 Å². The Labute approximate surface area is 141 Å². The van der Waals surface area contributed by atoms with E-state index in [1.54, 1.807) is 24.3 Å². The van der Waals surface area contributed by atoms with Crippen molar-refractivity contribution in [2.45, 2.75) is 5.88 Å². The molecule has 0 saturated heterocycles. The molecular weight excluding hydrogens is 335 g/mol. The molecule has 24 heavy (non-hydrogen) atoms. The summed E-state index contributed by atoms with van der Waals surface area (Å²) in [7, 11) is 0. The van der Waals surface area contributed by atoms with Gasteiger partial charge in [-0.3, -0.25) is 9.59 Å². The smallest absolute Gasteiger partial charge is 0.286 e. The van der Waals surface area contributed by atoms with Crippen molar-refractivity contribution < 1.29 is 18.4 Å². The van der Waals surface area contributed by atoms with E-state index in [1.165, 1.54) is 12.1 Å². The lowest BCUT2D eigenvalue weighted by atomic mass is 10.1. The van der Waals surface area contributed by atoms with Crippen molar-refractivity contribution >= 4 is 40.1 Å². The number of carbonyl (C=O) groups excluding carboxylic acids is 2. The Morgan fingerprint density at radius 2 is 2.00 bits per heavy atom. The molecule has 0 atom stereocenters. The minimum absolute atomic E-state index is 0.0401. The Kier molecular flexibility index (Phi) is 4.22. The van der Waals surface area contributed by atoms with Gasteiger partial charge in [0.1, 0.15) is 17.1 Å². The highest BCUT2D eigenvalue weighted by molar-refractivity contribution is 6.17. The van der Waals surface area contributed by atoms with Gasteiger partial charge in [0.05, 0.1) is 0 Å². The molecule has 0 aliphatic rings. The molecule has 0 aliphatic carbocycles. The molecule has 0 unspecified atom stereocenters. The number of alkyl halides is 1. The quantitative estimate of drug-likeness (QED) is 0.707. The summed E-state index contributed by atoms with van der Waals surface area (Å²) in [5.74, 6) is -1.86. The minimum atomic E-state index is -0.864. The van der Waals surface area contributed by atoms with E-state index in [-0.39, 0.29) is 28.3 Å². The van der Waals surface area contributed by atoms with E-state index in [9.17, 15) is 14.0 Å². The molecule has 3 N–H and O–H groups in total. The van der Waals surface area contributed by atoms with E-state index < -0.39 is 17.6 Å². The Bertz CT molecular complexity index is 952. The molecule has 3 aromatic rings. The fraction of sp³-hybridized carbons (Fsp3) is 0.0588. The van der Waals surface area contributed by atoms with Crippen molar-refractivity contribution in [2.24, 2.45) is 5.73 Å². The number of halogens is 2. The van der Waals surface area contributed by atoms with Crippen LogP contribution in [-0.2, 0) is 5.88 Å². The molecule has 5 nitrogen and oxygen atoms in total. The number of fused-ring (bicyclic) bond motifs is 1. The van der Waals surface area contributed by atoms with Crippen LogP contribution in [0.5, 0.6) is 0 Å². The average molecular weight is 347 g/mol. The van der Waals surface area contributed by atoms with Gasteiger partial charge in [-0.15, -0.1) is 11.6 Å². The van der Waals surface area contributed by atoms with Gasteiger partial charge in [-0.05, 0) is 35.9 Å². The number of rotatable bonds is 4. The van der Waals surface area contributed by atoms with Crippen LogP contribution in [0.15, 0.2) is 46.9 Å². The highest BCUT2D eigenvalue weighted by atomic mass is 35.5. The first-order chi connectivity index (χ1) is 11.5. The highest BCUT2D eigenvalue weighted by Gasteiger charge is 2.21. The number of carbonyl (C=O) groups is 2. The molecule has 0 saturated carbocycles. The van der Waals surface area contributed by atoms with Crippen molar-refractivity contribution in [2.75, 3.05) is 5.32 Å². The number of nitrogens with two attached hydrogens (primary N) is 1. The topological polar surface area (TPSA) is 85.3 Å². The number of furan rings is 1. The Morgan fingerprint density at radius 3 is 2.71 bits per heavy atom. The number of amides is 2. The number of benzene rings is 2. The van der Waals surface area contributed by atoms with Gasteiger partial charge in [-0.25, -0.2) is 4.39 Å². The largest absolute Gasteiger partial charge is 0.449 e. The fourth-order valence-electron chi connectivity index (χ4n) is 2.35. The summed E-state index contributed by atoms with van der Waals surface area (Å²) in [6.07, 6.45) is 0. The Balaban J connectivity index is 2.04. The second-order valence-corrected chi connectivity index (χ2v) is 5.37. The van der Waals surface area contributed by atoms with Gasteiger partial charge < -0.3 is 15.5 Å². The predicted molar refractivity (Wildman–Crippen MR) is 88.6 cm³/mol. The average Bonchev–Trinajstić information content (AvgIpc) is 2.93. The van der Waals surface area contributed by atoms with Crippen LogP contribution in [0.1, 0.15) is 26.5 Å². The van der Waals surface area contributed by atoms with E-state index in [1.807, 2.05) is 0 Å². The van der Waals surface area contributed by atoms with Gasteiger partial charge in [0.15, 0.2) is 0 Å². The zero-order valence-electron chi connectivity index (χ0n) is 12.3. The maximum atomic E-state index is 13.5. The predicted octanol–water partition coefficient (Wildman–Crippen LogP) is 3.66. The van der Waals surface area contributed by atoms with Gasteiger partial charge in [-0.2, -0.15) is 0 Å². The molecule has 3 rings (SSSR count). The number of nitrogens with one attached hydrogen (secondary N) is 1. The number of primary amides is 1. The van der Waals surface area contributed by atoms with Crippen LogP contribution >= 0.6 is 11.6 Å². The van der Waals surface area contributed by atoms with E-state index in [4.69, 9.17) is 21.8 Å². The van der Waals surface area contributed by atoms with Crippen molar-refractivity contribution in [3.63, 3.8) is 0 Å². The van der Waals surface area contributed by atoms with Crippen LogP contribution in [-0.4, -0.2) is 11.8 Å². The molecule has 0 bridgehead atoms. The molecule has 0 spiro atoms. The summed E-state index contributed by atoms with van der Waals surface area (Å²) >= 11 is 5.76. The maximum absolute atomic E-state index is 13.5. The van der Waals surface area contributed by atoms with Gasteiger partial charge in [0.25, 0.3) is 11.8 Å². The molecule has 122 valence electrons. The molecule has 2 aromatic carbocycles. The lowest BCUT2D eigenvalue weighted by Gasteiger charge is -2.06.